The van der Waals surface area contributed by atoms with Gasteiger partial charge in [-0.1, -0.05) is 32.9 Å². The second-order valence-corrected chi connectivity index (χ2v) is 7.85. The van der Waals surface area contributed by atoms with Crippen molar-refractivity contribution in [2.75, 3.05) is 31.5 Å². The van der Waals surface area contributed by atoms with Gasteiger partial charge in [0.1, 0.15) is 0 Å². The molecule has 0 spiro atoms. The first-order valence-electron chi connectivity index (χ1n) is 9.18. The zero-order chi connectivity index (χ0) is 19.4. The van der Waals surface area contributed by atoms with Crippen molar-refractivity contribution in [2.24, 2.45) is 0 Å². The van der Waals surface area contributed by atoms with Gasteiger partial charge in [-0.05, 0) is 29.2 Å². The van der Waals surface area contributed by atoms with Crippen LogP contribution in [-0.2, 0) is 10.2 Å². The number of amides is 2. The van der Waals surface area contributed by atoms with Gasteiger partial charge in [-0.3, -0.25) is 14.6 Å². The minimum Gasteiger partial charge on any atom is -0.354 e. The van der Waals surface area contributed by atoms with Gasteiger partial charge in [-0.15, -0.1) is 0 Å². The molecule has 1 fully saturated rings. The Morgan fingerprint density at radius 2 is 1.70 bits per heavy atom. The maximum Gasteiger partial charge on any atom is 0.255 e. The number of carbonyl (C=O) groups excluding carboxylic acids is 2. The van der Waals surface area contributed by atoms with Gasteiger partial charge in [0.15, 0.2) is 0 Å². The zero-order valence-corrected chi connectivity index (χ0v) is 16.1. The number of aromatic nitrogens is 1. The third kappa shape index (κ3) is 4.64. The number of pyridine rings is 1. The van der Waals surface area contributed by atoms with E-state index in [4.69, 9.17) is 0 Å². The van der Waals surface area contributed by atoms with E-state index in [-0.39, 0.29) is 11.3 Å². The molecule has 1 aromatic heterocycles. The highest BCUT2D eigenvalue weighted by atomic mass is 16.2. The van der Waals surface area contributed by atoms with E-state index < -0.39 is 0 Å². The predicted octanol–water partition coefficient (Wildman–Crippen LogP) is 3.04. The Bertz CT molecular complexity index is 804. The van der Waals surface area contributed by atoms with Crippen molar-refractivity contribution in [3.63, 3.8) is 0 Å². The lowest BCUT2D eigenvalue weighted by Crippen LogP contribution is -2.48. The van der Waals surface area contributed by atoms with E-state index in [0.29, 0.717) is 31.7 Å². The smallest absolute Gasteiger partial charge is 0.255 e. The minimum atomic E-state index is -0.0558. The van der Waals surface area contributed by atoms with Crippen LogP contribution in [0, 0.1) is 0 Å². The van der Waals surface area contributed by atoms with Crippen molar-refractivity contribution >= 4 is 23.7 Å². The summed E-state index contributed by atoms with van der Waals surface area (Å²) in [7, 11) is 0. The highest BCUT2D eigenvalue weighted by molar-refractivity contribution is 5.95. The second kappa shape index (κ2) is 7.78. The van der Waals surface area contributed by atoms with Crippen LogP contribution >= 0.6 is 0 Å². The maximum absolute atomic E-state index is 12.7. The Labute approximate surface area is 160 Å². The SMILES string of the molecule is CC(C)(C)c1ccc(Nc2cncc(C(=O)N3CCN(C=O)CC3)c2)cc1. The lowest BCUT2D eigenvalue weighted by molar-refractivity contribution is -0.119. The molecular formula is C21H26N4O2. The molecule has 0 atom stereocenters. The molecule has 1 saturated heterocycles. The Kier molecular flexibility index (Phi) is 5.44. The van der Waals surface area contributed by atoms with Crippen molar-refractivity contribution in [3.05, 3.63) is 53.9 Å². The second-order valence-electron chi connectivity index (χ2n) is 7.85. The van der Waals surface area contributed by atoms with Crippen molar-refractivity contribution in [2.45, 2.75) is 26.2 Å². The summed E-state index contributed by atoms with van der Waals surface area (Å²) in [6, 6.07) is 10.1. The number of nitrogens with one attached hydrogen (secondary N) is 1. The van der Waals surface area contributed by atoms with Crippen LogP contribution in [0.1, 0.15) is 36.7 Å². The van der Waals surface area contributed by atoms with Crippen molar-refractivity contribution in [1.82, 2.24) is 14.8 Å². The molecule has 142 valence electrons. The van der Waals surface area contributed by atoms with Crippen molar-refractivity contribution in [1.29, 1.82) is 0 Å². The fourth-order valence-corrected chi connectivity index (χ4v) is 3.06. The summed E-state index contributed by atoms with van der Waals surface area (Å²) < 4.78 is 0. The Balaban J connectivity index is 1.68. The average molecular weight is 366 g/mol. The molecule has 0 unspecified atom stereocenters. The number of benzene rings is 1. The third-order valence-corrected chi connectivity index (χ3v) is 4.78. The third-order valence-electron chi connectivity index (χ3n) is 4.78. The van der Waals surface area contributed by atoms with Gasteiger partial charge in [0, 0.05) is 38.1 Å². The molecule has 3 rings (SSSR count). The average Bonchev–Trinajstić information content (AvgIpc) is 2.67. The van der Waals surface area contributed by atoms with Crippen LogP contribution in [0.15, 0.2) is 42.7 Å². The molecule has 0 aliphatic carbocycles. The molecule has 1 aliphatic heterocycles. The number of rotatable bonds is 4. The van der Waals surface area contributed by atoms with E-state index in [1.165, 1.54) is 5.56 Å². The monoisotopic (exact) mass is 366 g/mol. The van der Waals surface area contributed by atoms with E-state index in [0.717, 1.165) is 17.8 Å². The lowest BCUT2D eigenvalue weighted by atomic mass is 9.87. The standard InChI is InChI=1S/C21H26N4O2/c1-21(2,3)17-4-6-18(7-5-17)23-19-12-16(13-22-14-19)20(27)25-10-8-24(15-26)9-11-25/h4-7,12-15,23H,8-11H2,1-3H3. The topological polar surface area (TPSA) is 65.5 Å². The largest absolute Gasteiger partial charge is 0.354 e. The van der Waals surface area contributed by atoms with Crippen LogP contribution in [0.4, 0.5) is 11.4 Å². The molecule has 27 heavy (non-hydrogen) atoms. The molecule has 2 heterocycles. The first-order chi connectivity index (χ1) is 12.9. The number of piperazine rings is 1. The molecule has 0 bridgehead atoms. The van der Waals surface area contributed by atoms with Crippen molar-refractivity contribution < 1.29 is 9.59 Å². The van der Waals surface area contributed by atoms with Gasteiger partial charge in [0.2, 0.25) is 6.41 Å². The Morgan fingerprint density at radius 1 is 1.04 bits per heavy atom. The van der Waals surface area contributed by atoms with E-state index in [1.54, 1.807) is 22.2 Å². The van der Waals surface area contributed by atoms with Gasteiger partial charge in [0.05, 0.1) is 17.4 Å². The maximum atomic E-state index is 12.7. The van der Waals surface area contributed by atoms with Crippen LogP contribution in [0.5, 0.6) is 0 Å². The van der Waals surface area contributed by atoms with E-state index in [2.05, 4.69) is 43.2 Å². The van der Waals surface area contributed by atoms with Gasteiger partial charge in [-0.2, -0.15) is 0 Å². The Morgan fingerprint density at radius 3 is 2.30 bits per heavy atom. The fraction of sp³-hybridized carbons (Fsp3) is 0.381. The Hall–Kier alpha value is -2.89. The molecule has 6 heteroatoms. The van der Waals surface area contributed by atoms with E-state index in [1.807, 2.05) is 18.2 Å². The van der Waals surface area contributed by atoms with E-state index in [9.17, 15) is 9.59 Å². The summed E-state index contributed by atoms with van der Waals surface area (Å²) in [6.07, 6.45) is 4.12. The van der Waals surface area contributed by atoms with Crippen molar-refractivity contribution in [3.8, 4) is 0 Å². The number of anilines is 2. The van der Waals surface area contributed by atoms with Crippen LogP contribution in [0.3, 0.4) is 0 Å². The van der Waals surface area contributed by atoms with Crippen LogP contribution in [0.2, 0.25) is 0 Å². The molecule has 1 aliphatic rings. The molecule has 2 aromatic rings. The van der Waals surface area contributed by atoms with E-state index >= 15 is 0 Å². The highest BCUT2D eigenvalue weighted by Crippen LogP contribution is 2.25. The molecule has 1 N–H and O–H groups in total. The van der Waals surface area contributed by atoms with Gasteiger partial charge in [0.25, 0.3) is 5.91 Å². The number of carbonyl (C=O) groups is 2. The fourth-order valence-electron chi connectivity index (χ4n) is 3.06. The molecule has 0 saturated carbocycles. The number of nitrogens with zero attached hydrogens (tertiary/aromatic N) is 3. The van der Waals surface area contributed by atoms with Gasteiger partial charge >= 0.3 is 0 Å². The zero-order valence-electron chi connectivity index (χ0n) is 16.1. The first-order valence-corrected chi connectivity index (χ1v) is 9.18. The summed E-state index contributed by atoms with van der Waals surface area (Å²) >= 11 is 0. The number of hydrogen-bond donors (Lipinski definition) is 1. The normalized spacial score (nSPS) is 14.8. The van der Waals surface area contributed by atoms with Crippen LogP contribution < -0.4 is 5.32 Å². The van der Waals surface area contributed by atoms with Gasteiger partial charge < -0.3 is 15.1 Å². The molecule has 6 nitrogen and oxygen atoms in total. The minimum absolute atomic E-state index is 0.0558. The lowest BCUT2D eigenvalue weighted by Gasteiger charge is -2.32. The molecule has 1 aromatic carbocycles. The first kappa shape index (κ1) is 18.9. The molecular weight excluding hydrogens is 340 g/mol. The van der Waals surface area contributed by atoms with Gasteiger partial charge in [-0.25, -0.2) is 0 Å². The summed E-state index contributed by atoms with van der Waals surface area (Å²) in [5.41, 5.74) is 3.65. The highest BCUT2D eigenvalue weighted by Gasteiger charge is 2.21. The quantitative estimate of drug-likeness (QED) is 0.845. The summed E-state index contributed by atoms with van der Waals surface area (Å²) in [5.74, 6) is -0.0558. The molecule has 0 radical (unpaired) electrons. The molecule has 2 amide bonds. The number of hydrogen-bond acceptors (Lipinski definition) is 4. The van der Waals surface area contributed by atoms with Crippen LogP contribution in [0.25, 0.3) is 0 Å². The predicted molar refractivity (Wildman–Crippen MR) is 106 cm³/mol. The summed E-state index contributed by atoms with van der Waals surface area (Å²) in [6.45, 7) is 8.78. The summed E-state index contributed by atoms with van der Waals surface area (Å²) in [5, 5.41) is 3.31. The van der Waals surface area contributed by atoms with Crippen LogP contribution in [-0.4, -0.2) is 53.3 Å². The summed E-state index contributed by atoms with van der Waals surface area (Å²) in [4.78, 5) is 31.2.